The molecule has 0 amide bonds. The Kier molecular flexibility index (Phi) is 4.69. The second-order valence-electron chi connectivity index (χ2n) is 6.43. The van der Waals surface area contributed by atoms with E-state index in [1.165, 1.54) is 22.5 Å². The smallest absolute Gasteiger partial charge is 0.0895 e. The number of hydrogen-bond donors (Lipinski definition) is 2. The normalized spacial score (nSPS) is 17.7. The van der Waals surface area contributed by atoms with Gasteiger partial charge >= 0.3 is 0 Å². The maximum atomic E-state index is 10.7. The Balaban J connectivity index is 2.10. The molecule has 122 valence electrons. The van der Waals surface area contributed by atoms with Gasteiger partial charge in [0.05, 0.1) is 12.1 Å². The molecule has 1 heterocycles. The fraction of sp³-hybridized carbons (Fsp3) is 0.400. The van der Waals surface area contributed by atoms with E-state index in [1.807, 2.05) is 6.92 Å². The number of benzene rings is 2. The van der Waals surface area contributed by atoms with Crippen molar-refractivity contribution in [1.29, 1.82) is 0 Å². The molecule has 1 aliphatic rings. The third-order valence-corrected chi connectivity index (χ3v) is 4.98. The van der Waals surface area contributed by atoms with Crippen molar-refractivity contribution in [2.24, 2.45) is 5.73 Å². The van der Waals surface area contributed by atoms with Crippen LogP contribution < -0.4 is 10.6 Å². The van der Waals surface area contributed by atoms with Crippen molar-refractivity contribution in [3.05, 3.63) is 59.7 Å². The van der Waals surface area contributed by atoms with Gasteiger partial charge in [-0.15, -0.1) is 0 Å². The van der Waals surface area contributed by atoms with Gasteiger partial charge in [-0.2, -0.15) is 0 Å². The predicted molar refractivity (Wildman–Crippen MR) is 96.2 cm³/mol. The Morgan fingerprint density at radius 1 is 1.00 bits per heavy atom. The second kappa shape index (κ2) is 6.73. The van der Waals surface area contributed by atoms with Crippen LogP contribution in [0, 0.1) is 0 Å². The monoisotopic (exact) mass is 310 g/mol. The molecule has 0 aromatic heterocycles. The number of hydrogen-bond acceptors (Lipinski definition) is 3. The maximum Gasteiger partial charge on any atom is 0.0895 e. The van der Waals surface area contributed by atoms with E-state index in [4.69, 9.17) is 5.73 Å². The number of anilines is 2. The molecule has 0 bridgehead atoms. The van der Waals surface area contributed by atoms with Crippen molar-refractivity contribution < 1.29 is 5.11 Å². The van der Waals surface area contributed by atoms with E-state index in [1.54, 1.807) is 0 Å². The first-order chi connectivity index (χ1) is 11.1. The quantitative estimate of drug-likeness (QED) is 0.910. The van der Waals surface area contributed by atoms with Gasteiger partial charge < -0.3 is 15.7 Å². The summed E-state index contributed by atoms with van der Waals surface area (Å²) in [6.07, 6.45) is 2.24. The van der Waals surface area contributed by atoms with Crippen LogP contribution in [0.4, 0.5) is 11.4 Å². The van der Waals surface area contributed by atoms with Crippen molar-refractivity contribution in [3.63, 3.8) is 0 Å². The fourth-order valence-electron chi connectivity index (χ4n) is 3.50. The molecule has 3 nitrogen and oxygen atoms in total. The van der Waals surface area contributed by atoms with Crippen LogP contribution in [0.25, 0.3) is 0 Å². The highest BCUT2D eigenvalue weighted by Crippen LogP contribution is 2.38. The Labute approximate surface area is 138 Å². The lowest BCUT2D eigenvalue weighted by molar-refractivity contribution is 0.120. The number of fused-ring (bicyclic) bond motifs is 2. The first-order valence-electron chi connectivity index (χ1n) is 8.52. The molecule has 0 saturated heterocycles. The molecule has 0 aliphatic carbocycles. The van der Waals surface area contributed by atoms with E-state index in [9.17, 15) is 5.11 Å². The lowest BCUT2D eigenvalue weighted by atomic mass is 9.99. The summed E-state index contributed by atoms with van der Waals surface area (Å²) in [6, 6.07) is 16.7. The van der Waals surface area contributed by atoms with Crippen molar-refractivity contribution in [1.82, 2.24) is 0 Å². The van der Waals surface area contributed by atoms with E-state index < -0.39 is 6.10 Å². The fourth-order valence-corrected chi connectivity index (χ4v) is 3.50. The largest absolute Gasteiger partial charge is 0.389 e. The molecule has 0 fully saturated rings. The summed E-state index contributed by atoms with van der Waals surface area (Å²) >= 11 is 0. The van der Waals surface area contributed by atoms with E-state index in [0.29, 0.717) is 0 Å². The number of nitrogens with zero attached hydrogens (tertiary/aromatic N) is 1. The molecular weight excluding hydrogens is 284 g/mol. The minimum atomic E-state index is -0.570. The number of nitrogens with two attached hydrogens (primary N) is 1. The minimum absolute atomic E-state index is 0.0784. The predicted octanol–water partition coefficient (Wildman–Crippen LogP) is 3.41. The van der Waals surface area contributed by atoms with Gasteiger partial charge in [-0.1, -0.05) is 43.3 Å². The first kappa shape index (κ1) is 16.0. The number of aryl methyl sites for hydroxylation is 2. The van der Waals surface area contributed by atoms with Gasteiger partial charge in [-0.05, 0) is 49.4 Å². The highest BCUT2D eigenvalue weighted by atomic mass is 16.3. The Morgan fingerprint density at radius 2 is 1.48 bits per heavy atom. The summed E-state index contributed by atoms with van der Waals surface area (Å²) < 4.78 is 0. The lowest BCUT2D eigenvalue weighted by Crippen LogP contribution is -2.48. The van der Waals surface area contributed by atoms with Crippen LogP contribution in [-0.2, 0) is 12.8 Å². The molecule has 2 aromatic rings. The molecule has 3 atom stereocenters. The molecule has 0 radical (unpaired) electrons. The standard InChI is InChI=1S/C20H26N2O/c1-3-17(21)20(23)14(2)22-18-10-6-4-8-15(18)12-13-16-9-5-7-11-19(16)22/h4-11,14,17,20,23H,3,12-13,21H2,1-2H3. The molecule has 3 unspecified atom stereocenters. The summed E-state index contributed by atoms with van der Waals surface area (Å²) in [6.45, 7) is 4.09. The SMILES string of the molecule is CCC(N)C(O)C(C)N1c2ccccc2CCc2ccccc21. The highest BCUT2D eigenvalue weighted by molar-refractivity contribution is 5.72. The van der Waals surface area contributed by atoms with Crippen LogP contribution in [0.15, 0.2) is 48.5 Å². The molecule has 2 aromatic carbocycles. The van der Waals surface area contributed by atoms with Crippen LogP contribution in [0.3, 0.4) is 0 Å². The average Bonchev–Trinajstić information content (AvgIpc) is 2.76. The summed E-state index contributed by atoms with van der Waals surface area (Å²) in [4.78, 5) is 2.28. The van der Waals surface area contributed by atoms with Gasteiger partial charge in [0, 0.05) is 17.4 Å². The molecule has 1 aliphatic heterocycles. The van der Waals surface area contributed by atoms with Gasteiger partial charge in [0.15, 0.2) is 0 Å². The van der Waals surface area contributed by atoms with E-state index in [0.717, 1.165) is 19.3 Å². The highest BCUT2D eigenvalue weighted by Gasteiger charge is 2.30. The van der Waals surface area contributed by atoms with E-state index >= 15 is 0 Å². The van der Waals surface area contributed by atoms with Crippen LogP contribution in [0.2, 0.25) is 0 Å². The Morgan fingerprint density at radius 3 is 1.96 bits per heavy atom. The Bertz CT molecular complexity index is 623. The number of aliphatic hydroxyl groups excluding tert-OH is 1. The number of rotatable bonds is 4. The summed E-state index contributed by atoms with van der Waals surface area (Å²) in [5.41, 5.74) is 11.2. The van der Waals surface area contributed by atoms with Gasteiger partial charge in [0.25, 0.3) is 0 Å². The third-order valence-electron chi connectivity index (χ3n) is 4.98. The minimum Gasteiger partial charge on any atom is -0.389 e. The van der Waals surface area contributed by atoms with Crippen LogP contribution in [-0.4, -0.2) is 23.3 Å². The summed E-state index contributed by atoms with van der Waals surface area (Å²) in [5, 5.41) is 10.7. The Hall–Kier alpha value is -1.84. The van der Waals surface area contributed by atoms with Crippen molar-refractivity contribution in [2.75, 3.05) is 4.90 Å². The topological polar surface area (TPSA) is 49.5 Å². The number of para-hydroxylation sites is 2. The molecule has 3 heteroatoms. The van der Waals surface area contributed by atoms with Gasteiger partial charge in [0.1, 0.15) is 0 Å². The van der Waals surface area contributed by atoms with Gasteiger partial charge in [-0.3, -0.25) is 0 Å². The van der Waals surface area contributed by atoms with Crippen LogP contribution >= 0.6 is 0 Å². The summed E-state index contributed by atoms with van der Waals surface area (Å²) in [5.74, 6) is 0. The molecule has 3 N–H and O–H groups in total. The van der Waals surface area contributed by atoms with Crippen molar-refractivity contribution >= 4 is 11.4 Å². The number of aliphatic hydroxyl groups is 1. The van der Waals surface area contributed by atoms with E-state index in [2.05, 4.69) is 60.4 Å². The first-order valence-corrected chi connectivity index (χ1v) is 8.52. The molecule has 23 heavy (non-hydrogen) atoms. The van der Waals surface area contributed by atoms with Crippen molar-refractivity contribution in [3.8, 4) is 0 Å². The summed E-state index contributed by atoms with van der Waals surface area (Å²) in [7, 11) is 0. The zero-order chi connectivity index (χ0) is 16.4. The van der Waals surface area contributed by atoms with Crippen molar-refractivity contribution in [2.45, 2.75) is 51.3 Å². The van der Waals surface area contributed by atoms with E-state index in [-0.39, 0.29) is 12.1 Å². The zero-order valence-electron chi connectivity index (χ0n) is 13.9. The van der Waals surface area contributed by atoms with Crippen LogP contribution in [0.1, 0.15) is 31.4 Å². The lowest BCUT2D eigenvalue weighted by Gasteiger charge is -2.37. The molecule has 0 saturated carbocycles. The van der Waals surface area contributed by atoms with Gasteiger partial charge in [0.2, 0.25) is 0 Å². The molecular formula is C20H26N2O. The average molecular weight is 310 g/mol. The second-order valence-corrected chi connectivity index (χ2v) is 6.43. The third kappa shape index (κ3) is 2.99. The van der Waals surface area contributed by atoms with Crippen LogP contribution in [0.5, 0.6) is 0 Å². The zero-order valence-corrected chi connectivity index (χ0v) is 13.9. The molecule has 0 spiro atoms. The molecule has 3 rings (SSSR count). The van der Waals surface area contributed by atoms with Gasteiger partial charge in [-0.25, -0.2) is 0 Å². The maximum absolute atomic E-state index is 10.7.